The van der Waals surface area contributed by atoms with Crippen molar-refractivity contribution in [1.29, 1.82) is 0 Å². The highest BCUT2D eigenvalue weighted by molar-refractivity contribution is 7.92. The van der Waals surface area contributed by atoms with Crippen LogP contribution in [0.3, 0.4) is 0 Å². The van der Waals surface area contributed by atoms with Crippen molar-refractivity contribution < 1.29 is 13.2 Å². The number of nitrogens with zero attached hydrogens (tertiary/aromatic N) is 1. The normalized spacial score (nSPS) is 15.4. The van der Waals surface area contributed by atoms with E-state index in [1.165, 1.54) is 43.4 Å². The summed E-state index contributed by atoms with van der Waals surface area (Å²) in [5.74, 6) is -0.291. The van der Waals surface area contributed by atoms with Gasteiger partial charge in [0, 0.05) is 18.7 Å². The van der Waals surface area contributed by atoms with E-state index in [1.807, 2.05) is 12.1 Å². The number of carbonyl (C=O) groups excluding carboxylic acids is 1. The molecule has 2 N–H and O–H groups in total. The Morgan fingerprint density at radius 3 is 2.43 bits per heavy atom. The Hall–Kier alpha value is -2.09. The Morgan fingerprint density at radius 1 is 1.03 bits per heavy atom. The highest BCUT2D eigenvalue weighted by Gasteiger charge is 2.13. The number of hydrogen-bond acceptors (Lipinski definition) is 4. The zero-order chi connectivity index (χ0) is 21.6. The second-order valence-corrected chi connectivity index (χ2v) is 9.92. The summed E-state index contributed by atoms with van der Waals surface area (Å²) >= 11 is 6.02. The summed E-state index contributed by atoms with van der Waals surface area (Å²) in [7, 11) is -3.49. The van der Waals surface area contributed by atoms with Gasteiger partial charge < -0.3 is 5.32 Å². The van der Waals surface area contributed by atoms with E-state index < -0.39 is 10.0 Å². The lowest BCUT2D eigenvalue weighted by molar-refractivity contribution is 0.0951. The van der Waals surface area contributed by atoms with Crippen molar-refractivity contribution in [2.45, 2.75) is 38.8 Å². The molecule has 0 unspecified atom stereocenters. The first-order valence-corrected chi connectivity index (χ1v) is 12.4. The van der Waals surface area contributed by atoms with Crippen LogP contribution in [-0.2, 0) is 23.1 Å². The second kappa shape index (κ2) is 10.3. The molecule has 30 heavy (non-hydrogen) atoms. The highest BCUT2D eigenvalue weighted by Crippen LogP contribution is 2.24. The maximum Gasteiger partial charge on any atom is 0.251 e. The maximum absolute atomic E-state index is 12.5. The summed E-state index contributed by atoms with van der Waals surface area (Å²) in [6.07, 6.45) is 6.18. The first-order valence-electron chi connectivity index (χ1n) is 10.2. The number of likely N-dealkylation sites (tertiary alicyclic amines) is 1. The van der Waals surface area contributed by atoms with Crippen molar-refractivity contribution >= 4 is 33.2 Å². The van der Waals surface area contributed by atoms with Crippen LogP contribution >= 0.6 is 11.6 Å². The SMILES string of the molecule is CS(=O)(=O)Nc1cc(C(=O)NCc2cccc(CN3CCCCCC3)c2)ccc1Cl. The van der Waals surface area contributed by atoms with E-state index in [2.05, 4.69) is 27.1 Å². The van der Waals surface area contributed by atoms with Gasteiger partial charge in [0.2, 0.25) is 10.0 Å². The molecule has 8 heteroatoms. The number of anilines is 1. The predicted octanol–water partition coefficient (Wildman–Crippen LogP) is 4.02. The summed E-state index contributed by atoms with van der Waals surface area (Å²) in [5.41, 5.74) is 2.80. The van der Waals surface area contributed by atoms with Gasteiger partial charge in [0.15, 0.2) is 0 Å². The van der Waals surface area contributed by atoms with Crippen LogP contribution in [0.4, 0.5) is 5.69 Å². The molecule has 0 aromatic heterocycles. The third-order valence-corrected chi connectivity index (χ3v) is 5.99. The molecule has 0 bridgehead atoms. The van der Waals surface area contributed by atoms with Gasteiger partial charge in [-0.3, -0.25) is 14.4 Å². The third kappa shape index (κ3) is 7.00. The van der Waals surface area contributed by atoms with Gasteiger partial charge in [0.25, 0.3) is 5.91 Å². The topological polar surface area (TPSA) is 78.5 Å². The molecule has 0 aliphatic carbocycles. The second-order valence-electron chi connectivity index (χ2n) is 7.76. The van der Waals surface area contributed by atoms with Gasteiger partial charge in [-0.15, -0.1) is 0 Å². The molecule has 0 saturated carbocycles. The Kier molecular flexibility index (Phi) is 7.75. The molecular weight excluding hydrogens is 422 g/mol. The first kappa shape index (κ1) is 22.6. The van der Waals surface area contributed by atoms with Crippen LogP contribution in [-0.4, -0.2) is 38.6 Å². The molecule has 1 amide bonds. The standard InChI is InChI=1S/C22H28ClN3O3S/c1-30(28,29)25-21-14-19(9-10-20(21)23)22(27)24-15-17-7-6-8-18(13-17)16-26-11-4-2-3-5-12-26/h6-10,13-14,25H,2-5,11-12,15-16H2,1H3,(H,24,27). The average Bonchev–Trinajstić information content (AvgIpc) is 2.96. The van der Waals surface area contributed by atoms with Crippen molar-refractivity contribution in [1.82, 2.24) is 10.2 Å². The highest BCUT2D eigenvalue weighted by atomic mass is 35.5. The first-order chi connectivity index (χ1) is 14.3. The molecule has 1 aliphatic heterocycles. The molecular formula is C22H28ClN3O3S. The van der Waals surface area contributed by atoms with Gasteiger partial charge in [-0.25, -0.2) is 8.42 Å². The summed E-state index contributed by atoms with van der Waals surface area (Å²) in [6, 6.07) is 12.8. The van der Waals surface area contributed by atoms with E-state index in [9.17, 15) is 13.2 Å². The lowest BCUT2D eigenvalue weighted by Gasteiger charge is -2.20. The van der Waals surface area contributed by atoms with Crippen molar-refractivity contribution in [2.75, 3.05) is 24.1 Å². The quantitative estimate of drug-likeness (QED) is 0.669. The summed E-state index contributed by atoms with van der Waals surface area (Å²) in [4.78, 5) is 15.0. The van der Waals surface area contributed by atoms with Crippen LogP contribution in [0.5, 0.6) is 0 Å². The van der Waals surface area contributed by atoms with Crippen LogP contribution in [0, 0.1) is 0 Å². The van der Waals surface area contributed by atoms with Crippen molar-refractivity contribution in [3.05, 3.63) is 64.2 Å². The van der Waals surface area contributed by atoms with E-state index >= 15 is 0 Å². The summed E-state index contributed by atoms with van der Waals surface area (Å²) in [6.45, 7) is 3.60. The van der Waals surface area contributed by atoms with E-state index in [-0.39, 0.29) is 16.6 Å². The fraction of sp³-hybridized carbons (Fsp3) is 0.409. The van der Waals surface area contributed by atoms with Gasteiger partial charge in [-0.05, 0) is 55.3 Å². The van der Waals surface area contributed by atoms with E-state index in [1.54, 1.807) is 6.07 Å². The molecule has 0 radical (unpaired) electrons. The molecule has 0 atom stereocenters. The lowest BCUT2D eigenvalue weighted by Crippen LogP contribution is -2.25. The summed E-state index contributed by atoms with van der Waals surface area (Å²) in [5, 5.41) is 3.13. The molecule has 1 heterocycles. The number of carbonyl (C=O) groups is 1. The molecule has 0 spiro atoms. The number of nitrogens with one attached hydrogen (secondary N) is 2. The minimum atomic E-state index is -3.49. The van der Waals surface area contributed by atoms with Crippen LogP contribution < -0.4 is 10.0 Å². The zero-order valence-corrected chi connectivity index (χ0v) is 18.7. The van der Waals surface area contributed by atoms with Crippen molar-refractivity contribution in [3.63, 3.8) is 0 Å². The Labute approximate surface area is 183 Å². The third-order valence-electron chi connectivity index (χ3n) is 5.07. The van der Waals surface area contributed by atoms with Crippen LogP contribution in [0.15, 0.2) is 42.5 Å². The number of rotatable bonds is 7. The van der Waals surface area contributed by atoms with Gasteiger partial charge in [-0.2, -0.15) is 0 Å². The molecule has 2 aromatic rings. The van der Waals surface area contributed by atoms with Crippen LogP contribution in [0.1, 0.15) is 47.2 Å². The van der Waals surface area contributed by atoms with Crippen LogP contribution in [0.25, 0.3) is 0 Å². The maximum atomic E-state index is 12.5. The fourth-order valence-corrected chi connectivity index (χ4v) is 4.41. The number of amides is 1. The fourth-order valence-electron chi connectivity index (χ4n) is 3.62. The molecule has 1 aliphatic rings. The van der Waals surface area contributed by atoms with Gasteiger partial charge >= 0.3 is 0 Å². The van der Waals surface area contributed by atoms with E-state index in [4.69, 9.17) is 11.6 Å². The van der Waals surface area contributed by atoms with E-state index in [0.717, 1.165) is 31.5 Å². The lowest BCUT2D eigenvalue weighted by atomic mass is 10.1. The van der Waals surface area contributed by atoms with Gasteiger partial charge in [-0.1, -0.05) is 48.7 Å². The zero-order valence-electron chi connectivity index (χ0n) is 17.2. The minimum Gasteiger partial charge on any atom is -0.348 e. The van der Waals surface area contributed by atoms with E-state index in [0.29, 0.717) is 12.1 Å². The largest absolute Gasteiger partial charge is 0.348 e. The number of halogens is 1. The predicted molar refractivity (Wildman–Crippen MR) is 121 cm³/mol. The Balaban J connectivity index is 1.61. The Bertz CT molecular complexity index is 987. The molecule has 162 valence electrons. The molecule has 3 rings (SSSR count). The number of benzene rings is 2. The van der Waals surface area contributed by atoms with Gasteiger partial charge in [0.05, 0.1) is 17.0 Å². The molecule has 1 fully saturated rings. The summed E-state index contributed by atoms with van der Waals surface area (Å²) < 4.78 is 25.3. The number of hydrogen-bond donors (Lipinski definition) is 2. The van der Waals surface area contributed by atoms with Crippen LogP contribution in [0.2, 0.25) is 5.02 Å². The molecule has 6 nitrogen and oxygen atoms in total. The average molecular weight is 450 g/mol. The number of sulfonamides is 1. The monoisotopic (exact) mass is 449 g/mol. The van der Waals surface area contributed by atoms with Gasteiger partial charge in [0.1, 0.15) is 0 Å². The smallest absolute Gasteiger partial charge is 0.251 e. The van der Waals surface area contributed by atoms with Crippen molar-refractivity contribution in [2.24, 2.45) is 0 Å². The Morgan fingerprint density at radius 2 is 1.73 bits per heavy atom. The minimum absolute atomic E-state index is 0.186. The molecule has 1 saturated heterocycles. The molecule has 2 aromatic carbocycles. The van der Waals surface area contributed by atoms with Crippen molar-refractivity contribution in [3.8, 4) is 0 Å².